The van der Waals surface area contributed by atoms with Gasteiger partial charge in [-0.25, -0.2) is 0 Å². The molecular formula is C14H30O. The summed E-state index contributed by atoms with van der Waals surface area (Å²) < 4.78 is 0. The molecule has 15 heavy (non-hydrogen) atoms. The van der Waals surface area contributed by atoms with Crippen LogP contribution >= 0.6 is 0 Å². The van der Waals surface area contributed by atoms with Crippen molar-refractivity contribution < 1.29 is 5.11 Å². The van der Waals surface area contributed by atoms with E-state index in [1.807, 2.05) is 52.8 Å². The number of aliphatic hydroxyl groups excluding tert-OH is 1. The van der Waals surface area contributed by atoms with E-state index < -0.39 is 0 Å². The molecule has 1 nitrogen and oxygen atoms in total. The summed E-state index contributed by atoms with van der Waals surface area (Å²) in [6, 6.07) is 0. The number of hydrogen-bond donors (Lipinski definition) is 1. The lowest BCUT2D eigenvalue weighted by molar-refractivity contribution is 0.399. The lowest BCUT2D eigenvalue weighted by atomic mass is 10.3. The molecule has 0 amide bonds. The molecule has 0 atom stereocenters. The molecule has 0 aromatic heterocycles. The van der Waals surface area contributed by atoms with Crippen LogP contribution in [0.4, 0.5) is 0 Å². The highest BCUT2D eigenvalue weighted by molar-refractivity contribution is 5.16. The highest BCUT2D eigenvalue weighted by atomic mass is 16.2. The van der Waals surface area contributed by atoms with Crippen LogP contribution in [0.3, 0.4) is 0 Å². The molecule has 0 fully saturated rings. The predicted octanol–water partition coefficient (Wildman–Crippen LogP) is 4.75. The largest absolute Gasteiger partial charge is 0.400 e. The Morgan fingerprint density at radius 3 is 1.73 bits per heavy atom. The zero-order valence-corrected chi connectivity index (χ0v) is 11.7. The Kier molecular flexibility index (Phi) is 60.1. The van der Waals surface area contributed by atoms with Crippen LogP contribution in [0.2, 0.25) is 0 Å². The fraction of sp³-hybridized carbons (Fsp3) is 0.571. The smallest absolute Gasteiger partial charge is 0.0319 e. The van der Waals surface area contributed by atoms with Gasteiger partial charge in [0.1, 0.15) is 0 Å². The molecular weight excluding hydrogens is 184 g/mol. The van der Waals surface area contributed by atoms with Gasteiger partial charge in [0.15, 0.2) is 0 Å². The molecule has 0 bridgehead atoms. The van der Waals surface area contributed by atoms with Gasteiger partial charge < -0.3 is 5.11 Å². The minimum absolute atomic E-state index is 1.00. The van der Waals surface area contributed by atoms with Gasteiger partial charge in [0.2, 0.25) is 0 Å². The van der Waals surface area contributed by atoms with Gasteiger partial charge in [0.05, 0.1) is 0 Å². The zero-order chi connectivity index (χ0) is 13.1. The van der Waals surface area contributed by atoms with E-state index in [2.05, 4.69) is 19.6 Å². The van der Waals surface area contributed by atoms with Gasteiger partial charge in [0.25, 0.3) is 0 Å². The fourth-order valence-corrected chi connectivity index (χ4v) is 0.434. The normalized spacial score (nSPS) is 8.00. The zero-order valence-electron chi connectivity index (χ0n) is 11.7. The second-order valence-corrected chi connectivity index (χ2v) is 2.04. The summed E-state index contributed by atoms with van der Waals surface area (Å²) in [5, 5.41) is 7.00. The first-order valence-electron chi connectivity index (χ1n) is 5.70. The molecule has 0 aliphatic heterocycles. The van der Waals surface area contributed by atoms with Crippen molar-refractivity contribution in [3.8, 4) is 0 Å². The summed E-state index contributed by atoms with van der Waals surface area (Å²) in [6.07, 6.45) is 9.24. The van der Waals surface area contributed by atoms with Gasteiger partial charge in [-0.15, -0.1) is 0 Å². The molecule has 0 radical (unpaired) electrons. The molecule has 0 spiro atoms. The van der Waals surface area contributed by atoms with Crippen LogP contribution in [0.25, 0.3) is 0 Å². The van der Waals surface area contributed by atoms with Crippen LogP contribution < -0.4 is 0 Å². The summed E-state index contributed by atoms with van der Waals surface area (Å²) in [6.45, 7) is 15.8. The van der Waals surface area contributed by atoms with Crippen LogP contribution in [-0.2, 0) is 0 Å². The SMILES string of the molecule is C=C(C)/C=C\C=C\CC.CC.CC.CO. The molecule has 0 saturated heterocycles. The van der Waals surface area contributed by atoms with E-state index in [0.717, 1.165) is 19.1 Å². The van der Waals surface area contributed by atoms with E-state index in [-0.39, 0.29) is 0 Å². The monoisotopic (exact) mass is 214 g/mol. The molecule has 0 aliphatic carbocycles. The fourth-order valence-electron chi connectivity index (χ4n) is 0.434. The third kappa shape index (κ3) is 61.4. The number of allylic oxidation sites excluding steroid dienone is 5. The Bertz CT molecular complexity index is 132. The Morgan fingerprint density at radius 2 is 1.47 bits per heavy atom. The van der Waals surface area contributed by atoms with Crippen LogP contribution in [0.15, 0.2) is 36.5 Å². The van der Waals surface area contributed by atoms with E-state index >= 15 is 0 Å². The molecule has 0 aromatic carbocycles. The maximum Gasteiger partial charge on any atom is 0.0319 e. The van der Waals surface area contributed by atoms with Crippen molar-refractivity contribution in [2.75, 3.05) is 7.11 Å². The Labute approximate surface area is 97.2 Å². The number of hydrogen-bond acceptors (Lipinski definition) is 1. The Hall–Kier alpha value is -0.820. The quantitative estimate of drug-likeness (QED) is 0.672. The Balaban J connectivity index is -0.0000000860. The van der Waals surface area contributed by atoms with Crippen molar-refractivity contribution in [1.29, 1.82) is 0 Å². The topological polar surface area (TPSA) is 20.2 Å². The van der Waals surface area contributed by atoms with E-state index in [1.54, 1.807) is 0 Å². The summed E-state index contributed by atoms with van der Waals surface area (Å²) >= 11 is 0. The van der Waals surface area contributed by atoms with Crippen LogP contribution in [-0.4, -0.2) is 12.2 Å². The molecule has 0 aromatic rings. The lowest BCUT2D eigenvalue weighted by Gasteiger charge is -1.79. The summed E-state index contributed by atoms with van der Waals surface area (Å²) in [7, 11) is 1.00. The summed E-state index contributed by atoms with van der Waals surface area (Å²) in [4.78, 5) is 0. The van der Waals surface area contributed by atoms with E-state index in [0.29, 0.717) is 0 Å². The van der Waals surface area contributed by atoms with Crippen molar-refractivity contribution in [1.82, 2.24) is 0 Å². The van der Waals surface area contributed by atoms with Gasteiger partial charge in [-0.1, -0.05) is 71.1 Å². The summed E-state index contributed by atoms with van der Waals surface area (Å²) in [5.74, 6) is 0. The average Bonchev–Trinajstić information content (AvgIpc) is 2.32. The molecule has 0 rings (SSSR count). The highest BCUT2D eigenvalue weighted by Gasteiger charge is 1.68. The standard InChI is InChI=1S/C9H14.2C2H6.CH4O/c1-4-5-6-7-8-9(2)3;3*1-2/h5-8H,2,4H2,1,3H3;2*1-2H3;2H,1H3/b6-5+,8-7-;;;. The van der Waals surface area contributed by atoms with E-state index in [9.17, 15) is 0 Å². The van der Waals surface area contributed by atoms with Gasteiger partial charge in [-0.05, 0) is 13.3 Å². The van der Waals surface area contributed by atoms with Crippen molar-refractivity contribution in [2.24, 2.45) is 0 Å². The van der Waals surface area contributed by atoms with Gasteiger partial charge in [-0.2, -0.15) is 0 Å². The minimum atomic E-state index is 1.00. The molecule has 0 unspecified atom stereocenters. The molecule has 0 aliphatic rings. The molecule has 92 valence electrons. The van der Waals surface area contributed by atoms with E-state index in [4.69, 9.17) is 5.11 Å². The van der Waals surface area contributed by atoms with Crippen molar-refractivity contribution >= 4 is 0 Å². The Morgan fingerprint density at radius 1 is 1.07 bits per heavy atom. The third-order valence-electron chi connectivity index (χ3n) is 0.864. The van der Waals surface area contributed by atoms with E-state index in [1.165, 1.54) is 0 Å². The number of rotatable bonds is 3. The molecule has 0 heterocycles. The number of aliphatic hydroxyl groups is 1. The first kappa shape index (κ1) is 23.8. The van der Waals surface area contributed by atoms with Crippen LogP contribution in [0, 0.1) is 0 Å². The van der Waals surface area contributed by atoms with Gasteiger partial charge in [0, 0.05) is 7.11 Å². The van der Waals surface area contributed by atoms with Crippen LogP contribution in [0.1, 0.15) is 48.0 Å². The van der Waals surface area contributed by atoms with Crippen molar-refractivity contribution in [3.63, 3.8) is 0 Å². The second-order valence-electron chi connectivity index (χ2n) is 2.04. The average molecular weight is 214 g/mol. The first-order chi connectivity index (χ1) is 7.27. The minimum Gasteiger partial charge on any atom is -0.400 e. The maximum absolute atomic E-state index is 7.00. The predicted molar refractivity (Wildman–Crippen MR) is 74.2 cm³/mol. The molecule has 1 heteroatoms. The second kappa shape index (κ2) is 37.9. The lowest BCUT2D eigenvalue weighted by Crippen LogP contribution is -1.58. The van der Waals surface area contributed by atoms with Gasteiger partial charge >= 0.3 is 0 Å². The maximum atomic E-state index is 7.00. The third-order valence-corrected chi connectivity index (χ3v) is 0.864. The van der Waals surface area contributed by atoms with Crippen molar-refractivity contribution in [2.45, 2.75) is 48.0 Å². The van der Waals surface area contributed by atoms with Crippen molar-refractivity contribution in [3.05, 3.63) is 36.5 Å². The first-order valence-corrected chi connectivity index (χ1v) is 5.70. The highest BCUT2D eigenvalue weighted by Crippen LogP contribution is 1.89. The van der Waals surface area contributed by atoms with Crippen LogP contribution in [0.5, 0.6) is 0 Å². The molecule has 0 saturated carbocycles. The summed E-state index contributed by atoms with van der Waals surface area (Å²) in [5.41, 5.74) is 1.09. The van der Waals surface area contributed by atoms with Gasteiger partial charge in [-0.3, -0.25) is 0 Å². The molecule has 1 N–H and O–H groups in total.